The van der Waals surface area contributed by atoms with Gasteiger partial charge in [-0.05, 0) is 67.3 Å². The van der Waals surface area contributed by atoms with E-state index in [4.69, 9.17) is 9.84 Å². The van der Waals surface area contributed by atoms with E-state index in [1.165, 1.54) is 16.7 Å². The van der Waals surface area contributed by atoms with E-state index in [-0.39, 0.29) is 5.91 Å². The third kappa shape index (κ3) is 3.11. The maximum atomic E-state index is 12.8. The lowest BCUT2D eigenvalue weighted by molar-refractivity contribution is -0.139. The lowest BCUT2D eigenvalue weighted by atomic mass is 10.0. The molecule has 0 bridgehead atoms. The number of aliphatic carboxylic acids is 1. The van der Waals surface area contributed by atoms with Gasteiger partial charge in [-0.2, -0.15) is 0 Å². The number of carboxylic acids is 1. The molecule has 0 atom stereocenters. The molecule has 0 fully saturated rings. The molecule has 1 N–H and O–H groups in total. The number of carbonyl (C=O) groups excluding carboxylic acids is 1. The number of hydrogen-bond donors (Lipinski definition) is 1. The lowest BCUT2D eigenvalue weighted by Gasteiger charge is -2.18. The van der Waals surface area contributed by atoms with Gasteiger partial charge in [-0.3, -0.25) is 4.79 Å². The first-order chi connectivity index (χ1) is 11.5. The van der Waals surface area contributed by atoms with E-state index in [0.29, 0.717) is 17.9 Å². The summed E-state index contributed by atoms with van der Waals surface area (Å²) >= 11 is 0. The second-order valence-corrected chi connectivity index (χ2v) is 5.98. The van der Waals surface area contributed by atoms with Crippen LogP contribution in [0.15, 0.2) is 36.4 Å². The first-order valence-corrected chi connectivity index (χ1v) is 7.82. The van der Waals surface area contributed by atoms with Crippen LogP contribution in [0, 0.1) is 13.8 Å². The van der Waals surface area contributed by atoms with E-state index in [0.717, 1.165) is 12.1 Å². The predicted molar refractivity (Wildman–Crippen MR) is 90.9 cm³/mol. The molecule has 2 aromatic carbocycles. The van der Waals surface area contributed by atoms with Crippen molar-refractivity contribution >= 4 is 17.6 Å². The van der Waals surface area contributed by atoms with E-state index in [9.17, 15) is 9.59 Å². The number of fused-ring (bicyclic) bond motifs is 1. The smallest absolute Gasteiger partial charge is 0.341 e. The average molecular weight is 325 g/mol. The van der Waals surface area contributed by atoms with Crippen LogP contribution in [0.1, 0.15) is 27.0 Å². The molecule has 124 valence electrons. The third-order valence-electron chi connectivity index (χ3n) is 4.30. The van der Waals surface area contributed by atoms with E-state index >= 15 is 0 Å². The Kier molecular flexibility index (Phi) is 4.25. The van der Waals surface area contributed by atoms with Gasteiger partial charge < -0.3 is 14.7 Å². The Hall–Kier alpha value is -2.82. The highest BCUT2D eigenvalue weighted by molar-refractivity contribution is 6.07. The summed E-state index contributed by atoms with van der Waals surface area (Å²) in [5, 5.41) is 8.61. The molecule has 1 aliphatic rings. The van der Waals surface area contributed by atoms with Crippen LogP contribution in [-0.2, 0) is 11.2 Å². The molecule has 24 heavy (non-hydrogen) atoms. The Labute approximate surface area is 140 Å². The van der Waals surface area contributed by atoms with Crippen molar-refractivity contribution in [3.8, 4) is 5.75 Å². The molecule has 0 radical (unpaired) electrons. The van der Waals surface area contributed by atoms with Gasteiger partial charge in [0.25, 0.3) is 5.91 Å². The van der Waals surface area contributed by atoms with Crippen molar-refractivity contribution in [1.29, 1.82) is 0 Å². The number of hydrogen-bond acceptors (Lipinski definition) is 3. The van der Waals surface area contributed by atoms with E-state index in [1.807, 2.05) is 6.92 Å². The van der Waals surface area contributed by atoms with Crippen LogP contribution in [0.25, 0.3) is 0 Å². The first kappa shape index (κ1) is 16.1. The number of aryl methyl sites for hydroxylation is 2. The van der Waals surface area contributed by atoms with Crippen LogP contribution in [-0.4, -0.2) is 30.1 Å². The third-order valence-corrected chi connectivity index (χ3v) is 4.30. The topological polar surface area (TPSA) is 66.8 Å². The minimum atomic E-state index is -1.03. The number of carbonyl (C=O) groups is 2. The fourth-order valence-corrected chi connectivity index (χ4v) is 2.87. The van der Waals surface area contributed by atoms with Crippen molar-refractivity contribution in [2.75, 3.05) is 18.1 Å². The van der Waals surface area contributed by atoms with Crippen molar-refractivity contribution in [3.63, 3.8) is 0 Å². The van der Waals surface area contributed by atoms with Gasteiger partial charge in [0.05, 0.1) is 0 Å². The maximum absolute atomic E-state index is 12.8. The quantitative estimate of drug-likeness (QED) is 0.938. The van der Waals surface area contributed by atoms with Crippen LogP contribution in [0.5, 0.6) is 5.75 Å². The molecule has 0 spiro atoms. The molecule has 0 aromatic heterocycles. The zero-order valence-electron chi connectivity index (χ0n) is 13.7. The number of amides is 1. The van der Waals surface area contributed by atoms with Crippen molar-refractivity contribution in [3.05, 3.63) is 58.7 Å². The van der Waals surface area contributed by atoms with Crippen LogP contribution in [0.4, 0.5) is 5.69 Å². The number of rotatable bonds is 4. The number of benzene rings is 2. The molecule has 5 nitrogen and oxygen atoms in total. The average Bonchev–Trinajstić information content (AvgIpc) is 2.96. The van der Waals surface area contributed by atoms with Crippen molar-refractivity contribution in [2.45, 2.75) is 20.3 Å². The summed E-state index contributed by atoms with van der Waals surface area (Å²) in [6, 6.07) is 10.8. The SMILES string of the molecule is Cc1cc2c(cc1C)N(C(=O)c1ccc(OCC(=O)O)cc1)CC2. The standard InChI is InChI=1S/C19H19NO4/c1-12-9-15-7-8-20(17(15)10-13(12)2)19(23)14-3-5-16(6-4-14)24-11-18(21)22/h3-6,9-10H,7-8,11H2,1-2H3,(H,21,22). The Morgan fingerprint density at radius 2 is 1.79 bits per heavy atom. The zero-order chi connectivity index (χ0) is 17.3. The Bertz CT molecular complexity index is 796. The monoisotopic (exact) mass is 325 g/mol. The number of ether oxygens (including phenoxy) is 1. The molecule has 1 amide bonds. The van der Waals surface area contributed by atoms with Gasteiger partial charge in [-0.15, -0.1) is 0 Å². The number of nitrogens with zero attached hydrogens (tertiary/aromatic N) is 1. The molecule has 0 aliphatic carbocycles. The zero-order valence-corrected chi connectivity index (χ0v) is 13.7. The lowest BCUT2D eigenvalue weighted by Crippen LogP contribution is -2.28. The largest absolute Gasteiger partial charge is 0.482 e. The molecule has 5 heteroatoms. The van der Waals surface area contributed by atoms with Crippen LogP contribution >= 0.6 is 0 Å². The predicted octanol–water partition coefficient (Wildman–Crippen LogP) is 2.97. The van der Waals surface area contributed by atoms with Crippen LogP contribution in [0.3, 0.4) is 0 Å². The van der Waals surface area contributed by atoms with Gasteiger partial charge in [0.2, 0.25) is 0 Å². The molecular weight excluding hydrogens is 306 g/mol. The summed E-state index contributed by atoms with van der Waals surface area (Å²) in [4.78, 5) is 25.1. The molecular formula is C19H19NO4. The van der Waals surface area contributed by atoms with Gasteiger partial charge >= 0.3 is 5.97 Å². The Balaban J connectivity index is 1.79. The highest BCUT2D eigenvalue weighted by Crippen LogP contribution is 2.32. The van der Waals surface area contributed by atoms with Gasteiger partial charge in [-0.1, -0.05) is 6.07 Å². The minimum absolute atomic E-state index is 0.0539. The van der Waals surface area contributed by atoms with Crippen LogP contribution < -0.4 is 9.64 Å². The summed E-state index contributed by atoms with van der Waals surface area (Å²) in [7, 11) is 0. The van der Waals surface area contributed by atoms with Gasteiger partial charge in [0, 0.05) is 17.8 Å². The van der Waals surface area contributed by atoms with Gasteiger partial charge in [0.15, 0.2) is 6.61 Å². The Morgan fingerprint density at radius 1 is 1.12 bits per heavy atom. The van der Waals surface area contributed by atoms with Crippen molar-refractivity contribution in [2.24, 2.45) is 0 Å². The van der Waals surface area contributed by atoms with E-state index in [1.54, 1.807) is 29.2 Å². The van der Waals surface area contributed by atoms with Crippen LogP contribution in [0.2, 0.25) is 0 Å². The summed E-state index contributed by atoms with van der Waals surface area (Å²) in [5.74, 6) is -0.654. The van der Waals surface area contributed by atoms with Crippen molar-refractivity contribution in [1.82, 2.24) is 0 Å². The molecule has 0 saturated heterocycles. The normalized spacial score (nSPS) is 12.8. The second-order valence-electron chi connectivity index (χ2n) is 5.98. The minimum Gasteiger partial charge on any atom is -0.482 e. The molecule has 0 saturated carbocycles. The Morgan fingerprint density at radius 3 is 2.46 bits per heavy atom. The fraction of sp³-hybridized carbons (Fsp3) is 0.263. The highest BCUT2D eigenvalue weighted by Gasteiger charge is 2.26. The summed E-state index contributed by atoms with van der Waals surface area (Å²) in [6.45, 7) is 4.40. The fourth-order valence-electron chi connectivity index (χ4n) is 2.87. The van der Waals surface area contributed by atoms with E-state index in [2.05, 4.69) is 19.1 Å². The molecule has 0 unspecified atom stereocenters. The summed E-state index contributed by atoms with van der Waals surface area (Å²) in [5.41, 5.74) is 5.15. The first-order valence-electron chi connectivity index (χ1n) is 7.82. The van der Waals surface area contributed by atoms with Crippen molar-refractivity contribution < 1.29 is 19.4 Å². The maximum Gasteiger partial charge on any atom is 0.341 e. The number of carboxylic acid groups (broad SMARTS) is 1. The van der Waals surface area contributed by atoms with Gasteiger partial charge in [-0.25, -0.2) is 4.79 Å². The molecule has 1 heterocycles. The van der Waals surface area contributed by atoms with E-state index < -0.39 is 12.6 Å². The number of anilines is 1. The second kappa shape index (κ2) is 6.35. The van der Waals surface area contributed by atoms with Gasteiger partial charge in [0.1, 0.15) is 5.75 Å². The molecule has 3 rings (SSSR count). The molecule has 1 aliphatic heterocycles. The summed E-state index contributed by atoms with van der Waals surface area (Å²) in [6.07, 6.45) is 0.863. The summed E-state index contributed by atoms with van der Waals surface area (Å²) < 4.78 is 5.09. The molecule has 2 aromatic rings. The highest BCUT2D eigenvalue weighted by atomic mass is 16.5.